The Morgan fingerprint density at radius 3 is 2.31 bits per heavy atom. The maximum atomic E-state index is 13.7. The number of hydrogen-bond donors (Lipinski definition) is 1. The average molecular weight is 527 g/mol. The maximum absolute atomic E-state index is 13.7. The van der Waals surface area contributed by atoms with Crippen molar-refractivity contribution in [1.29, 1.82) is 0 Å². The first-order valence-electron chi connectivity index (χ1n) is 12.0. The number of nitrogens with one attached hydrogen (secondary N) is 1. The van der Waals surface area contributed by atoms with Crippen LogP contribution in [-0.4, -0.2) is 35.9 Å². The molecule has 0 spiro atoms. The number of ether oxygens (including phenoxy) is 1. The van der Waals surface area contributed by atoms with E-state index < -0.39 is 6.04 Å². The summed E-state index contributed by atoms with van der Waals surface area (Å²) in [6.07, 6.45) is 1.12. The number of benzene rings is 3. The number of rotatable bonds is 11. The lowest BCUT2D eigenvalue weighted by Gasteiger charge is -2.32. The minimum Gasteiger partial charge on any atom is -0.483 e. The molecular weight excluding hydrogens is 495 g/mol. The molecule has 0 radical (unpaired) electrons. The third kappa shape index (κ3) is 7.49. The van der Waals surface area contributed by atoms with Gasteiger partial charge in [0.05, 0.1) is 0 Å². The van der Waals surface area contributed by atoms with Crippen LogP contribution in [-0.2, 0) is 22.6 Å². The predicted octanol–water partition coefficient (Wildman–Crippen LogP) is 6.16. The lowest BCUT2D eigenvalue weighted by molar-refractivity contribution is -0.142. The van der Waals surface area contributed by atoms with Crippen LogP contribution in [0.4, 0.5) is 0 Å². The van der Waals surface area contributed by atoms with Crippen LogP contribution in [0.3, 0.4) is 0 Å². The second kappa shape index (κ2) is 13.3. The van der Waals surface area contributed by atoms with Gasteiger partial charge in [-0.25, -0.2) is 0 Å². The molecule has 0 aromatic heterocycles. The largest absolute Gasteiger partial charge is 0.483 e. The van der Waals surface area contributed by atoms with Crippen molar-refractivity contribution in [3.63, 3.8) is 0 Å². The summed E-state index contributed by atoms with van der Waals surface area (Å²) in [5.74, 6) is 0.0574. The molecule has 0 aliphatic carbocycles. The monoisotopic (exact) mass is 526 g/mol. The zero-order chi connectivity index (χ0) is 26.1. The highest BCUT2D eigenvalue weighted by atomic mass is 35.5. The molecule has 3 rings (SSSR count). The van der Waals surface area contributed by atoms with Crippen LogP contribution in [0.15, 0.2) is 66.7 Å². The smallest absolute Gasteiger partial charge is 0.261 e. The Bertz CT molecular complexity index is 1160. The van der Waals surface area contributed by atoms with Gasteiger partial charge in [0.25, 0.3) is 5.91 Å². The summed E-state index contributed by atoms with van der Waals surface area (Å²) in [7, 11) is 0. The van der Waals surface area contributed by atoms with Gasteiger partial charge in [-0.1, -0.05) is 84.2 Å². The van der Waals surface area contributed by atoms with Gasteiger partial charge in [-0.05, 0) is 49.6 Å². The number of aryl methyl sites for hydroxylation is 2. The number of amides is 2. The summed E-state index contributed by atoms with van der Waals surface area (Å²) in [5, 5.41) is 3.82. The second-order valence-corrected chi connectivity index (χ2v) is 9.59. The van der Waals surface area contributed by atoms with Gasteiger partial charge in [0.15, 0.2) is 6.61 Å². The minimum atomic E-state index is -0.776. The maximum Gasteiger partial charge on any atom is 0.261 e. The number of nitrogens with zero attached hydrogens (tertiary/aromatic N) is 1. The Hall–Kier alpha value is -3.02. The Morgan fingerprint density at radius 2 is 1.67 bits per heavy atom. The molecule has 0 bridgehead atoms. The molecule has 3 aromatic rings. The first-order chi connectivity index (χ1) is 17.3. The predicted molar refractivity (Wildman–Crippen MR) is 146 cm³/mol. The number of carbonyl (C=O) groups is 2. The Labute approximate surface area is 223 Å². The molecule has 190 valence electrons. The standard InChI is InChI=1S/C29H32Cl2N2O3/c1-4-15-32-29(35)26(17-22-9-6-5-7-10-22)33(18-23-24(30)11-8-12-25(23)31)28(34)19-36-27-14-13-20(2)16-21(27)3/h5-14,16,26H,4,15,17-19H2,1-3H3,(H,32,35)/t26-/m1/s1. The Balaban J connectivity index is 1.95. The molecule has 0 saturated heterocycles. The molecule has 1 atom stereocenters. The van der Waals surface area contributed by atoms with Gasteiger partial charge in [-0.15, -0.1) is 0 Å². The molecule has 0 aliphatic heterocycles. The van der Waals surface area contributed by atoms with E-state index in [4.69, 9.17) is 27.9 Å². The van der Waals surface area contributed by atoms with E-state index >= 15 is 0 Å². The zero-order valence-corrected chi connectivity index (χ0v) is 22.4. The summed E-state index contributed by atoms with van der Waals surface area (Å²) in [5.41, 5.74) is 3.57. The van der Waals surface area contributed by atoms with Gasteiger partial charge < -0.3 is 15.0 Å². The molecule has 0 heterocycles. The van der Waals surface area contributed by atoms with Crippen LogP contribution in [0.25, 0.3) is 0 Å². The van der Waals surface area contributed by atoms with E-state index in [9.17, 15) is 9.59 Å². The minimum absolute atomic E-state index is 0.0740. The third-order valence-corrected chi connectivity index (χ3v) is 6.60. The summed E-state index contributed by atoms with van der Waals surface area (Å²) >= 11 is 12.9. The van der Waals surface area contributed by atoms with Crippen LogP contribution in [0.2, 0.25) is 10.0 Å². The Morgan fingerprint density at radius 1 is 0.972 bits per heavy atom. The van der Waals surface area contributed by atoms with Crippen molar-refractivity contribution >= 4 is 35.0 Å². The van der Waals surface area contributed by atoms with Crippen LogP contribution in [0.5, 0.6) is 5.75 Å². The van der Waals surface area contributed by atoms with Gasteiger partial charge in [0.2, 0.25) is 5.91 Å². The van der Waals surface area contributed by atoms with Crippen molar-refractivity contribution in [2.24, 2.45) is 0 Å². The lowest BCUT2D eigenvalue weighted by atomic mass is 10.0. The average Bonchev–Trinajstić information content (AvgIpc) is 2.86. The van der Waals surface area contributed by atoms with Crippen molar-refractivity contribution in [3.05, 3.63) is 99.0 Å². The van der Waals surface area contributed by atoms with E-state index in [0.717, 1.165) is 23.1 Å². The van der Waals surface area contributed by atoms with E-state index in [2.05, 4.69) is 5.32 Å². The summed E-state index contributed by atoms with van der Waals surface area (Å²) in [6, 6.07) is 19.8. The fourth-order valence-corrected chi connectivity index (χ4v) is 4.47. The van der Waals surface area contributed by atoms with Crippen molar-refractivity contribution in [3.8, 4) is 5.75 Å². The molecule has 3 aromatic carbocycles. The third-order valence-electron chi connectivity index (χ3n) is 5.89. The molecule has 2 amide bonds. The fraction of sp³-hybridized carbons (Fsp3) is 0.310. The SMILES string of the molecule is CCCNC(=O)[C@@H](Cc1ccccc1)N(Cc1c(Cl)cccc1Cl)C(=O)COc1ccc(C)cc1C. The van der Waals surface area contributed by atoms with E-state index in [1.165, 1.54) is 4.90 Å². The number of hydrogen-bond acceptors (Lipinski definition) is 3. The van der Waals surface area contributed by atoms with Gasteiger partial charge >= 0.3 is 0 Å². The molecule has 0 aliphatic rings. The lowest BCUT2D eigenvalue weighted by Crippen LogP contribution is -2.51. The first kappa shape index (κ1) is 27.6. The molecule has 1 N–H and O–H groups in total. The van der Waals surface area contributed by atoms with Gasteiger partial charge in [0.1, 0.15) is 11.8 Å². The molecule has 36 heavy (non-hydrogen) atoms. The topological polar surface area (TPSA) is 58.6 Å². The highest BCUT2D eigenvalue weighted by molar-refractivity contribution is 6.36. The van der Waals surface area contributed by atoms with Gasteiger partial charge in [-0.3, -0.25) is 9.59 Å². The summed E-state index contributed by atoms with van der Waals surface area (Å²) in [6.45, 7) is 6.28. The van der Waals surface area contributed by atoms with Crippen molar-refractivity contribution in [1.82, 2.24) is 10.2 Å². The second-order valence-electron chi connectivity index (χ2n) is 8.78. The van der Waals surface area contributed by atoms with Gasteiger partial charge in [-0.2, -0.15) is 0 Å². The van der Waals surface area contributed by atoms with Crippen molar-refractivity contribution < 1.29 is 14.3 Å². The van der Waals surface area contributed by atoms with E-state index in [1.807, 2.05) is 69.3 Å². The highest BCUT2D eigenvalue weighted by Gasteiger charge is 2.31. The van der Waals surface area contributed by atoms with Crippen LogP contribution >= 0.6 is 23.2 Å². The number of carbonyl (C=O) groups excluding carboxylic acids is 2. The Kier molecular flexibility index (Phi) is 10.2. The molecular formula is C29H32Cl2N2O3. The van der Waals surface area contributed by atoms with Crippen molar-refractivity contribution in [2.45, 2.75) is 46.2 Å². The zero-order valence-electron chi connectivity index (χ0n) is 20.9. The molecule has 0 saturated carbocycles. The summed E-state index contributed by atoms with van der Waals surface area (Å²) in [4.78, 5) is 28.6. The highest BCUT2D eigenvalue weighted by Crippen LogP contribution is 2.27. The quantitative estimate of drug-likeness (QED) is 0.325. The molecule has 0 fully saturated rings. The fourth-order valence-electron chi connectivity index (χ4n) is 3.96. The number of halogens is 2. The van der Waals surface area contributed by atoms with E-state index in [0.29, 0.717) is 34.3 Å². The van der Waals surface area contributed by atoms with E-state index in [1.54, 1.807) is 18.2 Å². The molecule has 5 nitrogen and oxygen atoms in total. The van der Waals surface area contributed by atoms with Gasteiger partial charge in [0, 0.05) is 35.1 Å². The molecule has 0 unspecified atom stereocenters. The normalized spacial score (nSPS) is 11.6. The van der Waals surface area contributed by atoms with Crippen LogP contribution in [0, 0.1) is 13.8 Å². The molecule has 7 heteroatoms. The first-order valence-corrected chi connectivity index (χ1v) is 12.8. The van der Waals surface area contributed by atoms with Crippen LogP contribution in [0.1, 0.15) is 35.6 Å². The summed E-state index contributed by atoms with van der Waals surface area (Å²) < 4.78 is 5.91. The van der Waals surface area contributed by atoms with E-state index in [-0.39, 0.29) is 25.0 Å². The van der Waals surface area contributed by atoms with Crippen molar-refractivity contribution in [2.75, 3.05) is 13.2 Å². The van der Waals surface area contributed by atoms with Crippen LogP contribution < -0.4 is 10.1 Å².